The molecule has 0 atom stereocenters. The zero-order chi connectivity index (χ0) is 16.4. The summed E-state index contributed by atoms with van der Waals surface area (Å²) in [5, 5.41) is 17.6. The average Bonchev–Trinajstić information content (AvgIpc) is 2.99. The molecule has 5 nitrogen and oxygen atoms in total. The first-order chi connectivity index (χ1) is 11.1. The van der Waals surface area contributed by atoms with E-state index < -0.39 is 5.82 Å². The van der Waals surface area contributed by atoms with Gasteiger partial charge in [0.05, 0.1) is 19.4 Å². The minimum Gasteiger partial charge on any atom is -0.494 e. The van der Waals surface area contributed by atoms with Crippen LogP contribution in [0.4, 0.5) is 4.39 Å². The van der Waals surface area contributed by atoms with Crippen LogP contribution in [-0.4, -0.2) is 27.2 Å². The van der Waals surface area contributed by atoms with E-state index in [2.05, 4.69) is 10.3 Å². The summed E-state index contributed by atoms with van der Waals surface area (Å²) in [6, 6.07) is 12.3. The maximum atomic E-state index is 14.0. The minimum atomic E-state index is -0.485. The highest BCUT2D eigenvalue weighted by molar-refractivity contribution is 5.64. The van der Waals surface area contributed by atoms with Crippen molar-refractivity contribution in [1.29, 1.82) is 0 Å². The monoisotopic (exact) mass is 313 g/mol. The van der Waals surface area contributed by atoms with Gasteiger partial charge in [-0.25, -0.2) is 9.07 Å². The maximum Gasteiger partial charge on any atom is 0.167 e. The summed E-state index contributed by atoms with van der Waals surface area (Å²) >= 11 is 0. The summed E-state index contributed by atoms with van der Waals surface area (Å²) in [4.78, 5) is 0. The van der Waals surface area contributed by atoms with Crippen molar-refractivity contribution in [2.75, 3.05) is 7.11 Å². The van der Waals surface area contributed by atoms with Crippen LogP contribution >= 0.6 is 0 Å². The Bertz CT molecular complexity index is 828. The van der Waals surface area contributed by atoms with Crippen LogP contribution in [0.15, 0.2) is 42.5 Å². The lowest BCUT2D eigenvalue weighted by atomic mass is 10.1. The molecule has 1 heterocycles. The molecule has 0 radical (unpaired) electrons. The summed E-state index contributed by atoms with van der Waals surface area (Å²) in [6.07, 6.45) is 0. The Morgan fingerprint density at radius 2 is 1.91 bits per heavy atom. The second kappa shape index (κ2) is 6.18. The number of aromatic nitrogens is 3. The van der Waals surface area contributed by atoms with Gasteiger partial charge in [0.15, 0.2) is 11.6 Å². The minimum absolute atomic E-state index is 0.160. The molecule has 0 aliphatic rings. The summed E-state index contributed by atoms with van der Waals surface area (Å²) < 4.78 is 20.4. The molecule has 0 bridgehead atoms. The van der Waals surface area contributed by atoms with E-state index in [1.807, 2.05) is 31.2 Å². The van der Waals surface area contributed by atoms with E-state index in [0.717, 1.165) is 11.1 Å². The fourth-order valence-corrected chi connectivity index (χ4v) is 2.39. The fraction of sp³-hybridized carbons (Fsp3) is 0.176. The Kier molecular flexibility index (Phi) is 4.08. The lowest BCUT2D eigenvalue weighted by Crippen LogP contribution is -2.01. The Labute approximate surface area is 133 Å². The van der Waals surface area contributed by atoms with Crippen molar-refractivity contribution in [2.45, 2.75) is 13.5 Å². The number of aliphatic hydroxyl groups is 1. The molecule has 3 rings (SSSR count). The quantitative estimate of drug-likeness (QED) is 0.804. The van der Waals surface area contributed by atoms with E-state index in [4.69, 9.17) is 4.74 Å². The van der Waals surface area contributed by atoms with Crippen LogP contribution in [-0.2, 0) is 6.61 Å². The molecule has 1 aromatic heterocycles. The molecule has 1 N–H and O–H groups in total. The normalized spacial score (nSPS) is 10.8. The second-order valence-electron chi connectivity index (χ2n) is 5.14. The molecule has 0 aliphatic carbocycles. The molecule has 0 aliphatic heterocycles. The molecule has 6 heteroatoms. The molecule has 0 saturated carbocycles. The summed E-state index contributed by atoms with van der Waals surface area (Å²) in [5.74, 6) is -0.325. The number of nitrogens with zero attached hydrogens (tertiary/aromatic N) is 3. The zero-order valence-electron chi connectivity index (χ0n) is 12.8. The number of hydrogen-bond acceptors (Lipinski definition) is 4. The van der Waals surface area contributed by atoms with Gasteiger partial charge in [0.2, 0.25) is 0 Å². The lowest BCUT2D eigenvalue weighted by Gasteiger charge is -2.09. The highest BCUT2D eigenvalue weighted by Gasteiger charge is 2.16. The molecule has 0 amide bonds. The predicted molar refractivity (Wildman–Crippen MR) is 84.0 cm³/mol. The van der Waals surface area contributed by atoms with E-state index in [1.54, 1.807) is 6.07 Å². The van der Waals surface area contributed by atoms with Crippen molar-refractivity contribution in [3.8, 4) is 22.7 Å². The van der Waals surface area contributed by atoms with Crippen molar-refractivity contribution in [3.63, 3.8) is 0 Å². The molecule has 0 unspecified atom stereocenters. The van der Waals surface area contributed by atoms with Crippen LogP contribution < -0.4 is 4.74 Å². The second-order valence-corrected chi connectivity index (χ2v) is 5.14. The lowest BCUT2D eigenvalue weighted by molar-refractivity contribution is 0.277. The van der Waals surface area contributed by atoms with Gasteiger partial charge in [-0.3, -0.25) is 0 Å². The standard InChI is InChI=1S/C17H16FN3O2/c1-11-3-5-12(6-4-11)17-15(10-22)19-20-21(17)13-7-8-16(23-2)14(18)9-13/h3-9,22H,10H2,1-2H3. The molecule has 23 heavy (non-hydrogen) atoms. The van der Waals surface area contributed by atoms with Crippen molar-refractivity contribution in [2.24, 2.45) is 0 Å². The van der Waals surface area contributed by atoms with Crippen molar-refractivity contribution in [1.82, 2.24) is 15.0 Å². The number of aryl methyl sites for hydroxylation is 1. The molecule has 2 aromatic carbocycles. The summed E-state index contributed by atoms with van der Waals surface area (Å²) in [7, 11) is 1.41. The summed E-state index contributed by atoms with van der Waals surface area (Å²) in [6.45, 7) is 1.74. The van der Waals surface area contributed by atoms with Crippen LogP contribution in [0, 0.1) is 12.7 Å². The molecule has 3 aromatic rings. The average molecular weight is 313 g/mol. The van der Waals surface area contributed by atoms with Gasteiger partial charge in [0.25, 0.3) is 0 Å². The largest absolute Gasteiger partial charge is 0.494 e. The van der Waals surface area contributed by atoms with E-state index in [0.29, 0.717) is 17.1 Å². The van der Waals surface area contributed by atoms with Gasteiger partial charge in [-0.1, -0.05) is 35.0 Å². The third-order valence-corrected chi connectivity index (χ3v) is 3.59. The van der Waals surface area contributed by atoms with Crippen LogP contribution in [0.25, 0.3) is 16.9 Å². The molecule has 0 fully saturated rings. The molecule has 0 saturated heterocycles. The highest BCUT2D eigenvalue weighted by Crippen LogP contribution is 2.27. The van der Waals surface area contributed by atoms with Gasteiger partial charge in [0, 0.05) is 11.6 Å². The van der Waals surface area contributed by atoms with Gasteiger partial charge in [-0.2, -0.15) is 0 Å². The van der Waals surface area contributed by atoms with E-state index in [-0.39, 0.29) is 12.4 Å². The number of rotatable bonds is 4. The van der Waals surface area contributed by atoms with Gasteiger partial charge in [-0.05, 0) is 19.1 Å². The van der Waals surface area contributed by atoms with Gasteiger partial charge in [0.1, 0.15) is 11.4 Å². The van der Waals surface area contributed by atoms with Crippen LogP contribution in [0.2, 0.25) is 0 Å². The van der Waals surface area contributed by atoms with Gasteiger partial charge >= 0.3 is 0 Å². The van der Waals surface area contributed by atoms with Crippen molar-refractivity contribution < 1.29 is 14.2 Å². The highest BCUT2D eigenvalue weighted by atomic mass is 19.1. The predicted octanol–water partition coefficient (Wildman–Crippen LogP) is 2.88. The number of halogens is 1. The zero-order valence-corrected chi connectivity index (χ0v) is 12.8. The Morgan fingerprint density at radius 1 is 1.17 bits per heavy atom. The van der Waals surface area contributed by atoms with E-state index in [9.17, 15) is 9.50 Å². The number of benzene rings is 2. The van der Waals surface area contributed by atoms with Crippen LogP contribution in [0.5, 0.6) is 5.75 Å². The van der Waals surface area contributed by atoms with Crippen molar-refractivity contribution >= 4 is 0 Å². The Morgan fingerprint density at radius 3 is 2.52 bits per heavy atom. The van der Waals surface area contributed by atoms with E-state index in [1.165, 1.54) is 23.9 Å². The first-order valence-electron chi connectivity index (χ1n) is 7.10. The SMILES string of the molecule is COc1ccc(-n2nnc(CO)c2-c2ccc(C)cc2)cc1F. The number of aliphatic hydroxyl groups excluding tert-OH is 1. The molecule has 0 spiro atoms. The Hall–Kier alpha value is -2.73. The van der Waals surface area contributed by atoms with Gasteiger partial charge in [-0.15, -0.1) is 5.10 Å². The smallest absolute Gasteiger partial charge is 0.167 e. The van der Waals surface area contributed by atoms with Gasteiger partial charge < -0.3 is 9.84 Å². The molecule has 118 valence electrons. The first kappa shape index (κ1) is 15.2. The third kappa shape index (κ3) is 2.80. The van der Waals surface area contributed by atoms with Crippen LogP contribution in [0.1, 0.15) is 11.3 Å². The summed E-state index contributed by atoms with van der Waals surface area (Å²) in [5.41, 5.74) is 3.54. The Balaban J connectivity index is 2.15. The van der Waals surface area contributed by atoms with Crippen LogP contribution in [0.3, 0.4) is 0 Å². The topological polar surface area (TPSA) is 60.2 Å². The molecular formula is C17H16FN3O2. The molecular weight excluding hydrogens is 297 g/mol. The van der Waals surface area contributed by atoms with Crippen molar-refractivity contribution in [3.05, 3.63) is 59.5 Å². The number of methoxy groups -OCH3 is 1. The number of ether oxygens (including phenoxy) is 1. The van der Waals surface area contributed by atoms with E-state index >= 15 is 0 Å². The first-order valence-corrected chi connectivity index (χ1v) is 7.10. The maximum absolute atomic E-state index is 14.0. The fourth-order valence-electron chi connectivity index (χ4n) is 2.39. The third-order valence-electron chi connectivity index (χ3n) is 3.59. The number of hydrogen-bond donors (Lipinski definition) is 1.